The normalized spacial score (nSPS) is 13.3. The van der Waals surface area contributed by atoms with Crippen LogP contribution in [0.15, 0.2) is 59.5 Å². The molecule has 0 radical (unpaired) electrons. The summed E-state index contributed by atoms with van der Waals surface area (Å²) in [6, 6.07) is 13.8. The van der Waals surface area contributed by atoms with Crippen LogP contribution in [0.5, 0.6) is 17.4 Å². The molecule has 1 aromatic carbocycles. The number of rotatable bonds is 6. The molecule has 1 N–H and O–H groups in total. The van der Waals surface area contributed by atoms with Gasteiger partial charge < -0.3 is 14.8 Å². The van der Waals surface area contributed by atoms with Crippen LogP contribution in [0, 0.1) is 0 Å². The molecule has 0 aliphatic heterocycles. The number of aromatic nitrogens is 4. The van der Waals surface area contributed by atoms with Gasteiger partial charge in [-0.15, -0.1) is 0 Å². The van der Waals surface area contributed by atoms with Crippen molar-refractivity contribution in [1.29, 1.82) is 0 Å². The highest BCUT2D eigenvalue weighted by Gasteiger charge is 2.22. The number of methoxy groups -OCH3 is 1. The van der Waals surface area contributed by atoms with E-state index in [1.54, 1.807) is 19.5 Å². The Morgan fingerprint density at radius 1 is 1.00 bits per heavy atom. The van der Waals surface area contributed by atoms with E-state index in [9.17, 15) is 0 Å². The van der Waals surface area contributed by atoms with E-state index in [1.807, 2.05) is 42.5 Å². The summed E-state index contributed by atoms with van der Waals surface area (Å²) in [5.41, 5.74) is 2.35. The lowest BCUT2D eigenvalue weighted by atomic mass is 10.1. The molecule has 0 saturated heterocycles. The van der Waals surface area contributed by atoms with Crippen LogP contribution in [0.4, 0.5) is 5.95 Å². The Bertz CT molecular complexity index is 1230. The van der Waals surface area contributed by atoms with E-state index in [1.165, 1.54) is 0 Å². The summed E-state index contributed by atoms with van der Waals surface area (Å²) in [5, 5.41) is 4.25. The number of ether oxygens (including phenoxy) is 2. The third kappa shape index (κ3) is 4.04. The van der Waals surface area contributed by atoms with E-state index >= 15 is 0 Å². The lowest BCUT2D eigenvalue weighted by Crippen LogP contribution is -2.06. The molecule has 1 fully saturated rings. The minimum Gasteiger partial charge on any atom is -0.480 e. The molecule has 3 heterocycles. The number of nitrogens with zero attached hydrogens (tertiary/aromatic N) is 4. The fourth-order valence-corrected chi connectivity index (χ4v) is 3.42. The van der Waals surface area contributed by atoms with E-state index < -0.39 is 0 Å². The zero-order valence-electron chi connectivity index (χ0n) is 16.2. The van der Waals surface area contributed by atoms with Crippen molar-refractivity contribution >= 4 is 32.8 Å². The maximum atomic E-state index is 5.92. The van der Waals surface area contributed by atoms with Crippen molar-refractivity contribution in [3.63, 3.8) is 0 Å². The second-order valence-corrected chi connectivity index (χ2v) is 7.81. The predicted octanol–water partition coefficient (Wildman–Crippen LogP) is 5.22. The van der Waals surface area contributed by atoms with E-state index in [4.69, 9.17) is 14.5 Å². The van der Waals surface area contributed by atoms with E-state index in [2.05, 4.69) is 36.2 Å². The Morgan fingerprint density at radius 3 is 2.67 bits per heavy atom. The van der Waals surface area contributed by atoms with Gasteiger partial charge in [0.25, 0.3) is 0 Å². The first-order chi connectivity index (χ1) is 14.7. The number of benzene rings is 1. The fraction of sp³-hybridized carbons (Fsp3) is 0.182. The number of nitrogens with one attached hydrogen (secondary N) is 1. The highest BCUT2D eigenvalue weighted by molar-refractivity contribution is 9.10. The van der Waals surface area contributed by atoms with Crippen molar-refractivity contribution in [2.24, 2.45) is 0 Å². The van der Waals surface area contributed by atoms with Crippen molar-refractivity contribution in [1.82, 2.24) is 19.9 Å². The van der Waals surface area contributed by atoms with Crippen LogP contribution in [0.1, 0.15) is 12.8 Å². The zero-order valence-corrected chi connectivity index (χ0v) is 17.8. The van der Waals surface area contributed by atoms with Crippen molar-refractivity contribution in [2.75, 3.05) is 12.4 Å². The molecular weight excluding hydrogens is 446 g/mol. The Balaban J connectivity index is 1.43. The monoisotopic (exact) mass is 463 g/mol. The first-order valence-corrected chi connectivity index (χ1v) is 10.4. The topological polar surface area (TPSA) is 82.0 Å². The third-order valence-corrected chi connectivity index (χ3v) is 5.16. The van der Waals surface area contributed by atoms with Crippen molar-refractivity contribution in [3.05, 3.63) is 59.5 Å². The van der Waals surface area contributed by atoms with Gasteiger partial charge in [-0.2, -0.15) is 4.98 Å². The van der Waals surface area contributed by atoms with Gasteiger partial charge in [-0.1, -0.05) is 6.07 Å². The Kier molecular flexibility index (Phi) is 4.92. The molecule has 5 rings (SSSR count). The second kappa shape index (κ2) is 7.87. The summed E-state index contributed by atoms with van der Waals surface area (Å²) in [4.78, 5) is 17.8. The molecule has 0 unspecified atom stereocenters. The standard InChI is InChI=1S/C22H18BrN5O2/c1-29-21-17(12-25-22(28-21)26-14-3-4-14)19-6-2-13-10-15(5-7-18(13)27-19)30-16-8-9-24-20(23)11-16/h2,5-12,14H,3-4H2,1H3,(H,25,26,28). The zero-order chi connectivity index (χ0) is 20.5. The SMILES string of the molecule is COc1nc(NC2CC2)ncc1-c1ccc2cc(Oc3ccnc(Br)c3)ccc2n1. The molecule has 1 aliphatic rings. The van der Waals surface area contributed by atoms with Gasteiger partial charge in [0, 0.05) is 29.9 Å². The summed E-state index contributed by atoms with van der Waals surface area (Å²) < 4.78 is 12.1. The summed E-state index contributed by atoms with van der Waals surface area (Å²) >= 11 is 3.35. The third-order valence-electron chi connectivity index (χ3n) is 4.73. The molecule has 0 bridgehead atoms. The molecule has 0 amide bonds. The number of fused-ring (bicyclic) bond motifs is 1. The van der Waals surface area contributed by atoms with Crippen LogP contribution in [-0.4, -0.2) is 33.1 Å². The number of anilines is 1. The molecule has 8 heteroatoms. The first kappa shape index (κ1) is 18.7. The maximum absolute atomic E-state index is 5.92. The number of pyridine rings is 2. The van der Waals surface area contributed by atoms with E-state index in [0.717, 1.165) is 45.4 Å². The van der Waals surface area contributed by atoms with Gasteiger partial charge in [-0.05, 0) is 59.1 Å². The summed E-state index contributed by atoms with van der Waals surface area (Å²) in [6.07, 6.45) is 5.76. The average molecular weight is 464 g/mol. The Hall–Kier alpha value is -3.26. The van der Waals surface area contributed by atoms with Gasteiger partial charge in [0.1, 0.15) is 16.1 Å². The molecule has 0 atom stereocenters. The highest BCUT2D eigenvalue weighted by Crippen LogP contribution is 2.31. The number of halogens is 1. The van der Waals surface area contributed by atoms with Crippen molar-refractivity contribution in [3.8, 4) is 28.6 Å². The first-order valence-electron chi connectivity index (χ1n) is 9.56. The van der Waals surface area contributed by atoms with E-state index in [-0.39, 0.29) is 0 Å². The quantitative estimate of drug-likeness (QED) is 0.392. The molecule has 4 aromatic rings. The molecule has 0 spiro atoms. The minimum atomic E-state index is 0.476. The van der Waals surface area contributed by atoms with Crippen LogP contribution in [0.2, 0.25) is 0 Å². The van der Waals surface area contributed by atoms with Crippen LogP contribution >= 0.6 is 15.9 Å². The summed E-state index contributed by atoms with van der Waals surface area (Å²) in [6.45, 7) is 0. The molecule has 3 aromatic heterocycles. The molecule has 150 valence electrons. The molecule has 30 heavy (non-hydrogen) atoms. The molecule has 7 nitrogen and oxygen atoms in total. The van der Waals surface area contributed by atoms with E-state index in [0.29, 0.717) is 23.6 Å². The maximum Gasteiger partial charge on any atom is 0.227 e. The average Bonchev–Trinajstić information content (AvgIpc) is 3.57. The van der Waals surface area contributed by atoms with Crippen LogP contribution in [-0.2, 0) is 0 Å². The van der Waals surface area contributed by atoms with Gasteiger partial charge in [0.2, 0.25) is 11.8 Å². The lowest BCUT2D eigenvalue weighted by molar-refractivity contribution is 0.399. The van der Waals surface area contributed by atoms with Crippen molar-refractivity contribution in [2.45, 2.75) is 18.9 Å². The smallest absolute Gasteiger partial charge is 0.227 e. The fourth-order valence-electron chi connectivity index (χ4n) is 3.08. The summed E-state index contributed by atoms with van der Waals surface area (Å²) in [5.74, 6) is 2.53. The second-order valence-electron chi connectivity index (χ2n) is 7.00. The Labute approximate surface area is 181 Å². The largest absolute Gasteiger partial charge is 0.480 e. The minimum absolute atomic E-state index is 0.476. The highest BCUT2D eigenvalue weighted by atomic mass is 79.9. The van der Waals surface area contributed by atoms with Gasteiger partial charge in [-0.25, -0.2) is 15.0 Å². The molecule has 1 aliphatic carbocycles. The van der Waals surface area contributed by atoms with Gasteiger partial charge >= 0.3 is 0 Å². The number of hydrogen-bond acceptors (Lipinski definition) is 7. The van der Waals surface area contributed by atoms with Gasteiger partial charge in [-0.3, -0.25) is 0 Å². The van der Waals surface area contributed by atoms with Crippen LogP contribution in [0.3, 0.4) is 0 Å². The Morgan fingerprint density at radius 2 is 1.87 bits per heavy atom. The van der Waals surface area contributed by atoms with Crippen molar-refractivity contribution < 1.29 is 9.47 Å². The summed E-state index contributed by atoms with van der Waals surface area (Å²) in [7, 11) is 1.61. The van der Waals surface area contributed by atoms with Gasteiger partial charge in [0.15, 0.2) is 0 Å². The van der Waals surface area contributed by atoms with Crippen LogP contribution < -0.4 is 14.8 Å². The molecular formula is C22H18BrN5O2. The number of hydrogen-bond donors (Lipinski definition) is 1. The van der Waals surface area contributed by atoms with Gasteiger partial charge in [0.05, 0.1) is 23.9 Å². The van der Waals surface area contributed by atoms with Crippen LogP contribution in [0.25, 0.3) is 22.2 Å². The lowest BCUT2D eigenvalue weighted by Gasteiger charge is -2.11. The predicted molar refractivity (Wildman–Crippen MR) is 118 cm³/mol. The molecule has 1 saturated carbocycles.